The first kappa shape index (κ1) is 15.6. The molecule has 2 aromatic rings. The van der Waals surface area contributed by atoms with E-state index in [2.05, 4.69) is 23.5 Å². The van der Waals surface area contributed by atoms with Crippen LogP contribution in [0.3, 0.4) is 0 Å². The third kappa shape index (κ3) is 3.73. The predicted molar refractivity (Wildman–Crippen MR) is 91.8 cm³/mol. The Morgan fingerprint density at radius 3 is 2.61 bits per heavy atom. The number of rotatable bonds is 4. The molecule has 3 heteroatoms. The van der Waals surface area contributed by atoms with Crippen molar-refractivity contribution in [2.75, 3.05) is 0 Å². The molecule has 120 valence electrons. The number of hydrogen-bond acceptors (Lipinski definition) is 2. The number of hydrogen-bond donors (Lipinski definition) is 1. The minimum Gasteiger partial charge on any atom is -0.491 e. The second-order valence-electron chi connectivity index (χ2n) is 6.31. The number of amides is 1. The van der Waals surface area contributed by atoms with E-state index in [0.717, 1.165) is 25.0 Å². The van der Waals surface area contributed by atoms with Crippen LogP contribution < -0.4 is 10.1 Å². The summed E-state index contributed by atoms with van der Waals surface area (Å²) >= 11 is 0. The number of carbonyl (C=O) groups excluding carboxylic acids is 1. The van der Waals surface area contributed by atoms with Gasteiger partial charge in [-0.15, -0.1) is 0 Å². The highest BCUT2D eigenvalue weighted by atomic mass is 16.5. The number of fused-ring (bicyclic) bond motifs is 1. The number of benzene rings is 2. The molecule has 0 saturated heterocycles. The molecule has 0 fully saturated rings. The van der Waals surface area contributed by atoms with Gasteiger partial charge in [0, 0.05) is 5.56 Å². The van der Waals surface area contributed by atoms with Crippen LogP contribution in [0.5, 0.6) is 5.75 Å². The summed E-state index contributed by atoms with van der Waals surface area (Å²) in [6.45, 7) is 3.97. The monoisotopic (exact) mass is 309 g/mol. The molecule has 0 aliphatic heterocycles. The van der Waals surface area contributed by atoms with E-state index in [9.17, 15) is 4.79 Å². The summed E-state index contributed by atoms with van der Waals surface area (Å²) in [4.78, 5) is 12.5. The number of aryl methyl sites for hydroxylation is 1. The lowest BCUT2D eigenvalue weighted by atomic mass is 9.87. The molecule has 2 aromatic carbocycles. The van der Waals surface area contributed by atoms with Crippen molar-refractivity contribution in [2.45, 2.75) is 45.3 Å². The summed E-state index contributed by atoms with van der Waals surface area (Å²) in [5, 5.41) is 3.17. The Morgan fingerprint density at radius 1 is 1.13 bits per heavy atom. The van der Waals surface area contributed by atoms with Crippen LogP contribution in [-0.2, 0) is 6.42 Å². The van der Waals surface area contributed by atoms with Crippen molar-refractivity contribution in [2.24, 2.45) is 0 Å². The van der Waals surface area contributed by atoms with E-state index in [1.807, 2.05) is 44.2 Å². The standard InChI is InChI=1S/C20H23NO2/c1-14(2)23-17-12-10-16(11-13-17)20(22)21-19-9-5-7-15-6-3-4-8-18(15)19/h3-4,6,8,10-14,19H,5,7,9H2,1-2H3,(H,21,22). The summed E-state index contributed by atoms with van der Waals surface area (Å²) in [5.41, 5.74) is 3.28. The Balaban J connectivity index is 1.70. The van der Waals surface area contributed by atoms with Crippen LogP contribution in [0, 0.1) is 0 Å². The smallest absolute Gasteiger partial charge is 0.251 e. The van der Waals surface area contributed by atoms with E-state index in [1.54, 1.807) is 0 Å². The Bertz CT molecular complexity index is 676. The van der Waals surface area contributed by atoms with Crippen molar-refractivity contribution in [1.82, 2.24) is 5.32 Å². The second kappa shape index (κ2) is 6.86. The lowest BCUT2D eigenvalue weighted by Crippen LogP contribution is -2.30. The number of ether oxygens (including phenoxy) is 1. The second-order valence-corrected chi connectivity index (χ2v) is 6.31. The molecule has 0 spiro atoms. The van der Waals surface area contributed by atoms with Gasteiger partial charge in [-0.3, -0.25) is 4.79 Å². The molecule has 1 amide bonds. The van der Waals surface area contributed by atoms with Crippen LogP contribution in [-0.4, -0.2) is 12.0 Å². The highest BCUT2D eigenvalue weighted by molar-refractivity contribution is 5.94. The van der Waals surface area contributed by atoms with Crippen LogP contribution in [0.2, 0.25) is 0 Å². The van der Waals surface area contributed by atoms with Gasteiger partial charge in [-0.05, 0) is 68.5 Å². The molecule has 0 aromatic heterocycles. The van der Waals surface area contributed by atoms with Crippen molar-refractivity contribution in [1.29, 1.82) is 0 Å². The molecule has 1 aliphatic carbocycles. The zero-order valence-electron chi connectivity index (χ0n) is 13.7. The first-order valence-electron chi connectivity index (χ1n) is 8.29. The van der Waals surface area contributed by atoms with Gasteiger partial charge in [-0.25, -0.2) is 0 Å². The first-order chi connectivity index (χ1) is 11.1. The highest BCUT2D eigenvalue weighted by Crippen LogP contribution is 2.29. The first-order valence-corrected chi connectivity index (χ1v) is 8.29. The molecule has 3 rings (SSSR count). The topological polar surface area (TPSA) is 38.3 Å². The summed E-state index contributed by atoms with van der Waals surface area (Å²) in [7, 11) is 0. The van der Waals surface area contributed by atoms with E-state index in [1.165, 1.54) is 11.1 Å². The van der Waals surface area contributed by atoms with Crippen molar-refractivity contribution < 1.29 is 9.53 Å². The highest BCUT2D eigenvalue weighted by Gasteiger charge is 2.21. The normalized spacial score (nSPS) is 16.7. The van der Waals surface area contributed by atoms with E-state index < -0.39 is 0 Å². The van der Waals surface area contributed by atoms with E-state index in [4.69, 9.17) is 4.74 Å². The molecule has 1 unspecified atom stereocenters. The number of carbonyl (C=O) groups is 1. The van der Waals surface area contributed by atoms with Gasteiger partial charge in [0.1, 0.15) is 5.75 Å². The molecule has 1 aliphatic rings. The molecule has 0 radical (unpaired) electrons. The van der Waals surface area contributed by atoms with Crippen molar-refractivity contribution in [3.05, 3.63) is 65.2 Å². The van der Waals surface area contributed by atoms with Gasteiger partial charge >= 0.3 is 0 Å². The Labute approximate surface area is 137 Å². The van der Waals surface area contributed by atoms with Gasteiger partial charge in [-0.2, -0.15) is 0 Å². The van der Waals surface area contributed by atoms with E-state index in [-0.39, 0.29) is 18.1 Å². The van der Waals surface area contributed by atoms with E-state index >= 15 is 0 Å². The van der Waals surface area contributed by atoms with Gasteiger partial charge in [0.2, 0.25) is 0 Å². The fourth-order valence-electron chi connectivity index (χ4n) is 3.10. The minimum absolute atomic E-state index is 0.0252. The van der Waals surface area contributed by atoms with Crippen LogP contribution in [0.15, 0.2) is 48.5 Å². The van der Waals surface area contributed by atoms with Crippen LogP contribution >= 0.6 is 0 Å². The summed E-state index contributed by atoms with van der Waals surface area (Å²) < 4.78 is 5.61. The maximum atomic E-state index is 12.5. The van der Waals surface area contributed by atoms with Crippen LogP contribution in [0.4, 0.5) is 0 Å². The van der Waals surface area contributed by atoms with Gasteiger partial charge in [0.15, 0.2) is 0 Å². The molecule has 1 N–H and O–H groups in total. The zero-order chi connectivity index (χ0) is 16.2. The van der Waals surface area contributed by atoms with Crippen molar-refractivity contribution >= 4 is 5.91 Å². The maximum absolute atomic E-state index is 12.5. The Hall–Kier alpha value is -2.29. The molecule has 0 saturated carbocycles. The number of nitrogens with one attached hydrogen (secondary N) is 1. The average Bonchev–Trinajstić information content (AvgIpc) is 2.55. The summed E-state index contributed by atoms with van der Waals surface area (Å²) in [5.74, 6) is 0.766. The van der Waals surface area contributed by atoms with Gasteiger partial charge in [-0.1, -0.05) is 24.3 Å². The summed E-state index contributed by atoms with van der Waals surface area (Å²) in [6.07, 6.45) is 3.35. The minimum atomic E-state index is -0.0252. The molecular formula is C20H23NO2. The third-order valence-electron chi connectivity index (χ3n) is 4.16. The maximum Gasteiger partial charge on any atom is 0.251 e. The molecule has 0 bridgehead atoms. The molecule has 1 atom stereocenters. The third-order valence-corrected chi connectivity index (χ3v) is 4.16. The van der Waals surface area contributed by atoms with Crippen molar-refractivity contribution in [3.8, 4) is 5.75 Å². The molecular weight excluding hydrogens is 286 g/mol. The fraction of sp³-hybridized carbons (Fsp3) is 0.350. The van der Waals surface area contributed by atoms with Crippen molar-refractivity contribution in [3.63, 3.8) is 0 Å². The lowest BCUT2D eigenvalue weighted by Gasteiger charge is -2.26. The Kier molecular flexibility index (Phi) is 4.65. The fourth-order valence-corrected chi connectivity index (χ4v) is 3.10. The van der Waals surface area contributed by atoms with Gasteiger partial charge < -0.3 is 10.1 Å². The Morgan fingerprint density at radius 2 is 1.87 bits per heavy atom. The van der Waals surface area contributed by atoms with Crippen LogP contribution in [0.1, 0.15) is 54.2 Å². The largest absolute Gasteiger partial charge is 0.491 e. The molecule has 3 nitrogen and oxygen atoms in total. The van der Waals surface area contributed by atoms with Gasteiger partial charge in [0.25, 0.3) is 5.91 Å². The SMILES string of the molecule is CC(C)Oc1ccc(C(=O)NC2CCCc3ccccc32)cc1. The lowest BCUT2D eigenvalue weighted by molar-refractivity contribution is 0.0932. The average molecular weight is 309 g/mol. The van der Waals surface area contributed by atoms with E-state index in [0.29, 0.717) is 5.56 Å². The zero-order valence-corrected chi connectivity index (χ0v) is 13.7. The summed E-state index contributed by atoms with van der Waals surface area (Å²) in [6, 6.07) is 15.8. The van der Waals surface area contributed by atoms with Gasteiger partial charge in [0.05, 0.1) is 12.1 Å². The molecule has 23 heavy (non-hydrogen) atoms. The molecule has 0 heterocycles. The van der Waals surface area contributed by atoms with Crippen LogP contribution in [0.25, 0.3) is 0 Å². The quantitative estimate of drug-likeness (QED) is 0.915. The predicted octanol–water partition coefficient (Wildman–Crippen LogP) is 4.28.